The summed E-state index contributed by atoms with van der Waals surface area (Å²) in [6, 6.07) is 0. The average molecular weight is 401 g/mol. The number of carbonyl (C=O) groups excluding carboxylic acids is 2. The second-order valence-corrected chi connectivity index (χ2v) is 7.72. The Hall–Kier alpha value is -1.06. The van der Waals surface area contributed by atoms with Crippen molar-refractivity contribution in [3.8, 4) is 0 Å². The summed E-state index contributed by atoms with van der Waals surface area (Å²) < 4.78 is 15.8. The third-order valence-corrected chi connectivity index (χ3v) is 4.87. The first-order valence-electron chi connectivity index (χ1n) is 12.9. The van der Waals surface area contributed by atoms with E-state index in [1.807, 2.05) is 0 Å². The molecule has 0 amide bonds. The summed E-state index contributed by atoms with van der Waals surface area (Å²) >= 11 is 0. The maximum atomic E-state index is 11.7. The van der Waals surface area contributed by atoms with Gasteiger partial charge in [-0.1, -0.05) is 117 Å². The Labute approximate surface area is 176 Å². The van der Waals surface area contributed by atoms with Crippen molar-refractivity contribution in [2.24, 2.45) is 0 Å². The monoisotopic (exact) mass is 400 g/mol. The molecule has 0 aliphatic carbocycles. The maximum Gasteiger partial charge on any atom is 0.355 e. The van der Waals surface area contributed by atoms with Gasteiger partial charge in [-0.2, -0.15) is 0 Å². The van der Waals surface area contributed by atoms with Crippen molar-refractivity contribution in [3.63, 3.8) is 0 Å². The molecular formula is C24H46O4. The highest BCUT2D eigenvalue weighted by Crippen LogP contribution is 2.12. The molecule has 0 aromatic heterocycles. The maximum absolute atomic E-state index is 11.7. The van der Waals surface area contributed by atoms with Gasteiger partial charge in [0.25, 0.3) is 0 Å². The van der Waals surface area contributed by atoms with Crippen LogP contribution in [0.4, 0.5) is 0 Å². The zero-order valence-electron chi connectivity index (χ0n) is 20.5. The van der Waals surface area contributed by atoms with E-state index in [-0.39, 0.29) is 12.8 Å². The zero-order valence-corrected chi connectivity index (χ0v) is 18.5. The highest BCUT2D eigenvalue weighted by atomic mass is 17.2. The molecule has 0 aromatic rings. The molecule has 0 rings (SSSR count). The summed E-state index contributed by atoms with van der Waals surface area (Å²) in [4.78, 5) is 32.5. The van der Waals surface area contributed by atoms with Crippen LogP contribution in [-0.4, -0.2) is 11.9 Å². The predicted molar refractivity (Wildman–Crippen MR) is 116 cm³/mol. The van der Waals surface area contributed by atoms with Crippen LogP contribution in [-0.2, 0) is 19.4 Å². The highest BCUT2D eigenvalue weighted by molar-refractivity contribution is 5.72. The van der Waals surface area contributed by atoms with Crippen LogP contribution < -0.4 is 0 Å². The number of unbranched alkanes of at least 4 members (excludes halogenated alkanes) is 12. The summed E-state index contributed by atoms with van der Waals surface area (Å²) in [5.74, 6) is -1.36. The molecule has 0 fully saturated rings. The summed E-state index contributed by atoms with van der Waals surface area (Å²) in [5, 5.41) is 0. The lowest BCUT2D eigenvalue weighted by atomic mass is 10.1. The third kappa shape index (κ3) is 21.2. The number of hydrogen-bond acceptors (Lipinski definition) is 4. The Kier molecular flexibility index (Phi) is 18.4. The first kappa shape index (κ1) is 23.2. The molecule has 0 heterocycles. The lowest BCUT2D eigenvalue weighted by Crippen LogP contribution is -2.11. The van der Waals surface area contributed by atoms with Gasteiger partial charge in [0.05, 0.1) is 12.8 Å². The van der Waals surface area contributed by atoms with Gasteiger partial charge in [0, 0.05) is 2.74 Å². The van der Waals surface area contributed by atoms with Crippen LogP contribution in [0.5, 0.6) is 0 Å². The van der Waals surface area contributed by atoms with E-state index in [1.165, 1.54) is 64.2 Å². The van der Waals surface area contributed by atoms with Crippen molar-refractivity contribution in [3.05, 3.63) is 0 Å². The summed E-state index contributed by atoms with van der Waals surface area (Å²) in [6.07, 6.45) is 16.6. The van der Waals surface area contributed by atoms with Crippen LogP contribution in [0.2, 0.25) is 0 Å². The zero-order chi connectivity index (χ0) is 22.5. The summed E-state index contributed by atoms with van der Waals surface area (Å²) in [6.45, 7) is 4.40. The molecule has 0 spiro atoms. The van der Waals surface area contributed by atoms with Gasteiger partial charge < -0.3 is 0 Å². The molecule has 0 bridgehead atoms. The molecule has 166 valence electrons. The Balaban J connectivity index is 3.63. The van der Waals surface area contributed by atoms with Gasteiger partial charge >= 0.3 is 11.9 Å². The van der Waals surface area contributed by atoms with Gasteiger partial charge in [-0.3, -0.25) is 0 Å². The minimum absolute atomic E-state index is 0.0640. The Bertz CT molecular complexity index is 380. The number of carbonyl (C=O) groups is 2. The second kappa shape index (κ2) is 22.2. The number of hydrogen-bond donors (Lipinski definition) is 0. The normalized spacial score (nSPS) is 14.1. The second-order valence-electron chi connectivity index (χ2n) is 7.72. The molecule has 0 N–H and O–H groups in total. The lowest BCUT2D eigenvalue weighted by Gasteiger charge is -2.04. The van der Waals surface area contributed by atoms with E-state index in [4.69, 9.17) is 2.74 Å². The van der Waals surface area contributed by atoms with E-state index < -0.39 is 24.7 Å². The standard InChI is InChI=1S/C24H46O4/c1-3-5-7-9-11-13-15-17-19-21-23(25)27-28-24(26)22-20-18-16-14-12-10-8-6-4-2/h3-22H2,1-2H3/i19D,20D. The van der Waals surface area contributed by atoms with Crippen molar-refractivity contribution >= 4 is 11.9 Å². The van der Waals surface area contributed by atoms with Gasteiger partial charge in [0.15, 0.2) is 0 Å². The molecule has 2 atom stereocenters. The van der Waals surface area contributed by atoms with Crippen molar-refractivity contribution < 1.29 is 22.1 Å². The molecule has 4 nitrogen and oxygen atoms in total. The Morgan fingerprint density at radius 2 is 0.821 bits per heavy atom. The van der Waals surface area contributed by atoms with E-state index >= 15 is 0 Å². The van der Waals surface area contributed by atoms with Crippen LogP contribution in [0.25, 0.3) is 0 Å². The predicted octanol–water partition coefficient (Wildman–Crippen LogP) is 7.83. The van der Waals surface area contributed by atoms with Gasteiger partial charge in [0.2, 0.25) is 0 Å². The van der Waals surface area contributed by atoms with Crippen molar-refractivity contribution in [2.75, 3.05) is 0 Å². The van der Waals surface area contributed by atoms with Crippen LogP contribution >= 0.6 is 0 Å². The van der Waals surface area contributed by atoms with E-state index in [0.29, 0.717) is 12.8 Å². The average Bonchev–Trinajstić information content (AvgIpc) is 2.71. The van der Waals surface area contributed by atoms with E-state index in [1.54, 1.807) is 0 Å². The van der Waals surface area contributed by atoms with Gasteiger partial charge in [-0.15, -0.1) is 0 Å². The van der Waals surface area contributed by atoms with Gasteiger partial charge in [0.1, 0.15) is 0 Å². The number of rotatable bonds is 20. The largest absolute Gasteiger partial charge is 0.355 e. The van der Waals surface area contributed by atoms with E-state index in [9.17, 15) is 9.59 Å². The molecule has 0 aliphatic rings. The molecule has 0 aliphatic heterocycles. The van der Waals surface area contributed by atoms with Crippen LogP contribution in [0.3, 0.4) is 0 Å². The van der Waals surface area contributed by atoms with Crippen LogP contribution in [0.1, 0.15) is 145 Å². The molecule has 0 saturated carbocycles. The Morgan fingerprint density at radius 1 is 0.536 bits per heavy atom. The van der Waals surface area contributed by atoms with Crippen molar-refractivity contribution in [2.45, 2.75) is 142 Å². The minimum atomic E-state index is -0.681. The van der Waals surface area contributed by atoms with Gasteiger partial charge in [-0.05, 0) is 12.8 Å². The first-order valence-corrected chi connectivity index (χ1v) is 11.7. The first-order chi connectivity index (χ1) is 14.5. The lowest BCUT2D eigenvalue weighted by molar-refractivity contribution is -0.259. The molecule has 28 heavy (non-hydrogen) atoms. The smallest absolute Gasteiger partial charge is 0.247 e. The van der Waals surface area contributed by atoms with Crippen molar-refractivity contribution in [1.82, 2.24) is 0 Å². The summed E-state index contributed by atoms with van der Waals surface area (Å²) in [7, 11) is 0. The van der Waals surface area contributed by atoms with E-state index in [2.05, 4.69) is 23.6 Å². The fourth-order valence-electron chi connectivity index (χ4n) is 3.09. The fraction of sp³-hybridized carbons (Fsp3) is 0.917. The molecule has 0 saturated heterocycles. The fourth-order valence-corrected chi connectivity index (χ4v) is 3.09. The third-order valence-electron chi connectivity index (χ3n) is 4.87. The summed E-state index contributed by atoms with van der Waals surface area (Å²) in [5.41, 5.74) is 0. The molecule has 0 aromatic carbocycles. The SMILES string of the molecule is [2H]C(CCCCCCCCC)CC(=O)OOC(=O)CC([2H])CCCCCCCCC. The topological polar surface area (TPSA) is 52.6 Å². The van der Waals surface area contributed by atoms with Crippen LogP contribution in [0.15, 0.2) is 0 Å². The van der Waals surface area contributed by atoms with E-state index in [0.717, 1.165) is 25.7 Å². The Morgan fingerprint density at radius 3 is 1.14 bits per heavy atom. The van der Waals surface area contributed by atoms with Crippen molar-refractivity contribution in [1.29, 1.82) is 0 Å². The molecule has 2 unspecified atom stereocenters. The molecule has 0 radical (unpaired) electrons. The van der Waals surface area contributed by atoms with Crippen LogP contribution in [0, 0.1) is 0 Å². The molecular weight excluding hydrogens is 352 g/mol. The minimum Gasteiger partial charge on any atom is -0.247 e. The molecule has 4 heteroatoms. The quantitative estimate of drug-likeness (QED) is 0.119. The van der Waals surface area contributed by atoms with Gasteiger partial charge in [-0.25, -0.2) is 19.4 Å². The highest BCUT2D eigenvalue weighted by Gasteiger charge is 2.09.